The van der Waals surface area contributed by atoms with E-state index >= 15 is 0 Å². The van der Waals surface area contributed by atoms with Crippen molar-refractivity contribution in [3.8, 4) is 5.69 Å². The zero-order chi connectivity index (χ0) is 21.1. The summed E-state index contributed by atoms with van der Waals surface area (Å²) in [6.45, 7) is 4.16. The van der Waals surface area contributed by atoms with Gasteiger partial charge in [0.05, 0.1) is 0 Å². The maximum Gasteiger partial charge on any atom is 0.325 e. The molecule has 0 bridgehead atoms. The Kier molecular flexibility index (Phi) is 5.67. The van der Waals surface area contributed by atoms with E-state index in [1.807, 2.05) is 47.9 Å². The fourth-order valence-electron chi connectivity index (χ4n) is 3.25. The molecule has 2 heterocycles. The van der Waals surface area contributed by atoms with Gasteiger partial charge in [0.2, 0.25) is 0 Å². The van der Waals surface area contributed by atoms with Gasteiger partial charge in [0.15, 0.2) is 5.16 Å². The smallest absolute Gasteiger partial charge is 0.311 e. The molecule has 0 fully saturated rings. The van der Waals surface area contributed by atoms with Gasteiger partial charge in [-0.25, -0.2) is 4.79 Å². The van der Waals surface area contributed by atoms with E-state index < -0.39 is 11.2 Å². The van der Waals surface area contributed by atoms with Gasteiger partial charge in [0.25, 0.3) is 5.56 Å². The summed E-state index contributed by atoms with van der Waals surface area (Å²) < 4.78 is 1.98. The van der Waals surface area contributed by atoms with Crippen LogP contribution >= 0.6 is 11.8 Å². The van der Waals surface area contributed by atoms with Crippen LogP contribution in [-0.2, 0) is 6.42 Å². The van der Waals surface area contributed by atoms with Crippen molar-refractivity contribution in [1.82, 2.24) is 24.7 Å². The molecule has 0 amide bonds. The van der Waals surface area contributed by atoms with Crippen LogP contribution < -0.4 is 11.2 Å². The van der Waals surface area contributed by atoms with Gasteiger partial charge in [-0.1, -0.05) is 54.2 Å². The highest BCUT2D eigenvalue weighted by molar-refractivity contribution is 7.99. The van der Waals surface area contributed by atoms with Gasteiger partial charge in [0, 0.05) is 29.1 Å². The molecule has 2 aromatic carbocycles. The van der Waals surface area contributed by atoms with Crippen LogP contribution in [0.1, 0.15) is 34.8 Å². The second-order valence-corrected chi connectivity index (χ2v) is 8.34. The molecule has 0 aliphatic carbocycles. The van der Waals surface area contributed by atoms with Crippen LogP contribution in [0.5, 0.6) is 0 Å². The Morgan fingerprint density at radius 2 is 1.80 bits per heavy atom. The van der Waals surface area contributed by atoms with Crippen LogP contribution in [0.25, 0.3) is 5.69 Å². The minimum Gasteiger partial charge on any atom is -0.311 e. The number of nitrogens with one attached hydrogen (secondary N) is 2. The molecule has 0 saturated heterocycles. The van der Waals surface area contributed by atoms with Crippen LogP contribution in [0.4, 0.5) is 0 Å². The predicted octanol–water partition coefficient (Wildman–Crippen LogP) is 3.40. The Labute approximate surface area is 177 Å². The zero-order valence-corrected chi connectivity index (χ0v) is 17.4. The third-order valence-corrected chi connectivity index (χ3v) is 5.78. The highest BCUT2D eigenvalue weighted by Crippen LogP contribution is 2.35. The quantitative estimate of drug-likeness (QED) is 0.467. The minimum atomic E-state index is -0.536. The number of aromatic amines is 2. The molecular weight excluding hydrogens is 398 g/mol. The molecule has 0 aliphatic heterocycles. The van der Waals surface area contributed by atoms with Crippen molar-refractivity contribution < 1.29 is 0 Å². The van der Waals surface area contributed by atoms with E-state index in [4.69, 9.17) is 0 Å². The van der Waals surface area contributed by atoms with Crippen molar-refractivity contribution in [2.24, 2.45) is 0 Å². The van der Waals surface area contributed by atoms with Crippen LogP contribution in [0.3, 0.4) is 0 Å². The molecule has 0 spiro atoms. The number of nitrogens with zero attached hydrogens (tertiary/aromatic N) is 3. The van der Waals surface area contributed by atoms with Crippen LogP contribution in [-0.4, -0.2) is 24.7 Å². The second-order valence-electron chi connectivity index (χ2n) is 7.03. The Bertz CT molecular complexity index is 1250. The summed E-state index contributed by atoms with van der Waals surface area (Å²) in [5.74, 6) is 0.643. The summed E-state index contributed by atoms with van der Waals surface area (Å²) in [6, 6.07) is 19.7. The number of rotatable bonds is 6. The first-order valence-electron chi connectivity index (χ1n) is 9.55. The van der Waals surface area contributed by atoms with Crippen LogP contribution in [0, 0.1) is 6.92 Å². The first kappa shape index (κ1) is 19.9. The Morgan fingerprint density at radius 3 is 2.53 bits per heavy atom. The largest absolute Gasteiger partial charge is 0.325 e. The topological polar surface area (TPSA) is 96.4 Å². The van der Waals surface area contributed by atoms with E-state index in [2.05, 4.69) is 45.3 Å². The summed E-state index contributed by atoms with van der Waals surface area (Å²) in [5, 5.41) is 9.73. The molecule has 4 aromatic rings. The maximum absolute atomic E-state index is 11.7. The van der Waals surface area contributed by atoms with E-state index in [1.54, 1.807) is 11.8 Å². The molecule has 7 nitrogen and oxygen atoms in total. The van der Waals surface area contributed by atoms with Gasteiger partial charge in [-0.05, 0) is 37.1 Å². The fourth-order valence-corrected chi connectivity index (χ4v) is 4.27. The van der Waals surface area contributed by atoms with E-state index in [-0.39, 0.29) is 11.7 Å². The van der Waals surface area contributed by atoms with Crippen molar-refractivity contribution in [3.63, 3.8) is 0 Å². The first-order valence-corrected chi connectivity index (χ1v) is 10.4. The number of benzene rings is 2. The summed E-state index contributed by atoms with van der Waals surface area (Å²) >= 11 is 1.61. The van der Waals surface area contributed by atoms with Crippen molar-refractivity contribution in [2.75, 3.05) is 0 Å². The SMILES string of the molecule is Cc1cccc(-n2c(Cc3cc(=O)[nH]c(=O)[nH]3)nnc2SC(C)c2ccccc2)c1. The molecule has 8 heteroatoms. The van der Waals surface area contributed by atoms with E-state index in [0.29, 0.717) is 11.5 Å². The molecule has 0 saturated carbocycles. The molecule has 152 valence electrons. The molecule has 0 radical (unpaired) electrons. The maximum atomic E-state index is 11.7. The number of hydrogen-bond donors (Lipinski definition) is 2. The van der Waals surface area contributed by atoms with Crippen LogP contribution in [0.15, 0.2) is 75.4 Å². The Morgan fingerprint density at radius 1 is 1.00 bits per heavy atom. The van der Waals surface area contributed by atoms with Gasteiger partial charge in [0.1, 0.15) is 5.82 Å². The van der Waals surface area contributed by atoms with Crippen molar-refractivity contribution in [3.05, 3.63) is 104 Å². The minimum absolute atomic E-state index is 0.172. The van der Waals surface area contributed by atoms with E-state index in [9.17, 15) is 9.59 Å². The predicted molar refractivity (Wildman–Crippen MR) is 117 cm³/mol. The third-order valence-electron chi connectivity index (χ3n) is 4.68. The van der Waals surface area contributed by atoms with Crippen molar-refractivity contribution in [1.29, 1.82) is 0 Å². The monoisotopic (exact) mass is 419 g/mol. The Hall–Kier alpha value is -3.39. The molecule has 0 aliphatic rings. The molecule has 2 aromatic heterocycles. The highest BCUT2D eigenvalue weighted by Gasteiger charge is 2.19. The summed E-state index contributed by atoms with van der Waals surface area (Å²) in [5.41, 5.74) is 2.75. The van der Waals surface area contributed by atoms with Gasteiger partial charge in [-0.2, -0.15) is 0 Å². The molecule has 1 atom stereocenters. The van der Waals surface area contributed by atoms with Gasteiger partial charge in [-0.3, -0.25) is 14.3 Å². The standard InChI is InChI=1S/C22H21N5O2S/c1-14-7-6-10-18(11-14)27-19(12-17-13-20(28)24-21(29)23-17)25-26-22(27)30-15(2)16-8-4-3-5-9-16/h3-11,13,15H,12H2,1-2H3,(H2,23,24,28,29). The van der Waals surface area contributed by atoms with E-state index in [0.717, 1.165) is 16.4 Å². The van der Waals surface area contributed by atoms with Crippen molar-refractivity contribution in [2.45, 2.75) is 30.7 Å². The molecule has 2 N–H and O–H groups in total. The zero-order valence-electron chi connectivity index (χ0n) is 16.6. The molecule has 4 rings (SSSR count). The fraction of sp³-hybridized carbons (Fsp3) is 0.182. The van der Waals surface area contributed by atoms with Gasteiger partial charge in [-0.15, -0.1) is 10.2 Å². The van der Waals surface area contributed by atoms with Gasteiger partial charge < -0.3 is 4.98 Å². The second kappa shape index (κ2) is 8.54. The lowest BCUT2D eigenvalue weighted by atomic mass is 10.2. The average Bonchev–Trinajstić information content (AvgIpc) is 3.09. The molecule has 1 unspecified atom stereocenters. The highest BCUT2D eigenvalue weighted by atomic mass is 32.2. The number of H-pyrrole nitrogens is 2. The van der Waals surface area contributed by atoms with Crippen molar-refractivity contribution >= 4 is 11.8 Å². The summed E-state index contributed by atoms with van der Waals surface area (Å²) in [6.07, 6.45) is 0.278. The van der Waals surface area contributed by atoms with Crippen LogP contribution in [0.2, 0.25) is 0 Å². The number of thioether (sulfide) groups is 1. The lowest BCUT2D eigenvalue weighted by molar-refractivity contribution is 0.826. The third kappa shape index (κ3) is 4.44. The van der Waals surface area contributed by atoms with E-state index in [1.165, 1.54) is 11.6 Å². The number of aromatic nitrogens is 5. The molecule has 30 heavy (non-hydrogen) atoms. The number of hydrogen-bond acceptors (Lipinski definition) is 5. The first-order chi connectivity index (χ1) is 14.5. The van der Waals surface area contributed by atoms with Gasteiger partial charge >= 0.3 is 5.69 Å². The summed E-state index contributed by atoms with van der Waals surface area (Å²) in [7, 11) is 0. The normalized spacial score (nSPS) is 12.1. The number of aryl methyl sites for hydroxylation is 1. The average molecular weight is 420 g/mol. The lowest BCUT2D eigenvalue weighted by Crippen LogP contribution is -2.23. The lowest BCUT2D eigenvalue weighted by Gasteiger charge is -2.14. The Balaban J connectivity index is 1.75. The summed E-state index contributed by atoms with van der Waals surface area (Å²) in [4.78, 5) is 28.2. The molecular formula is C22H21N5O2S.